The van der Waals surface area contributed by atoms with Gasteiger partial charge in [-0.25, -0.2) is 0 Å². The summed E-state index contributed by atoms with van der Waals surface area (Å²) in [5, 5.41) is 2.99. The quantitative estimate of drug-likeness (QED) is 0.514. The monoisotopic (exact) mass is 245 g/mol. The SMILES string of the molecule is BrCC#Cc1cncc2ccccc12. The van der Waals surface area contributed by atoms with Crippen molar-refractivity contribution in [2.24, 2.45) is 0 Å². The maximum atomic E-state index is 4.15. The lowest BCUT2D eigenvalue weighted by atomic mass is 10.1. The molecule has 0 saturated heterocycles. The van der Waals surface area contributed by atoms with Crippen LogP contribution >= 0.6 is 15.9 Å². The summed E-state index contributed by atoms with van der Waals surface area (Å²) < 4.78 is 0. The highest BCUT2D eigenvalue weighted by Crippen LogP contribution is 2.15. The minimum atomic E-state index is 0.691. The van der Waals surface area contributed by atoms with Crippen LogP contribution in [-0.4, -0.2) is 10.3 Å². The minimum Gasteiger partial charge on any atom is -0.263 e. The summed E-state index contributed by atoms with van der Waals surface area (Å²) in [6.45, 7) is 0. The van der Waals surface area contributed by atoms with Gasteiger partial charge in [0, 0.05) is 23.2 Å². The Morgan fingerprint density at radius 1 is 1.21 bits per heavy atom. The Kier molecular flexibility index (Phi) is 2.81. The Morgan fingerprint density at radius 2 is 2.07 bits per heavy atom. The summed E-state index contributed by atoms with van der Waals surface area (Å²) in [6.07, 6.45) is 3.66. The Labute approximate surface area is 91.3 Å². The molecular weight excluding hydrogens is 238 g/mol. The Hall–Kier alpha value is -1.33. The van der Waals surface area contributed by atoms with Crippen LogP contribution in [-0.2, 0) is 0 Å². The molecule has 0 fully saturated rings. The second kappa shape index (κ2) is 4.26. The summed E-state index contributed by atoms with van der Waals surface area (Å²) in [6, 6.07) is 8.13. The second-order valence-corrected chi connectivity index (χ2v) is 3.40. The van der Waals surface area contributed by atoms with Crippen LogP contribution in [0.1, 0.15) is 5.56 Å². The van der Waals surface area contributed by atoms with Crippen LogP contribution in [0.4, 0.5) is 0 Å². The zero-order valence-electron chi connectivity index (χ0n) is 7.50. The number of rotatable bonds is 0. The Morgan fingerprint density at radius 3 is 2.93 bits per heavy atom. The average molecular weight is 246 g/mol. The number of hydrogen-bond acceptors (Lipinski definition) is 1. The maximum Gasteiger partial charge on any atom is 0.0649 e. The molecule has 0 unspecified atom stereocenters. The van der Waals surface area contributed by atoms with Gasteiger partial charge in [-0.3, -0.25) is 4.98 Å². The Balaban J connectivity index is 2.65. The van der Waals surface area contributed by atoms with Crippen molar-refractivity contribution in [1.82, 2.24) is 4.98 Å². The van der Waals surface area contributed by atoms with Crippen molar-refractivity contribution in [3.05, 3.63) is 42.2 Å². The van der Waals surface area contributed by atoms with Gasteiger partial charge in [0.25, 0.3) is 0 Å². The van der Waals surface area contributed by atoms with Crippen molar-refractivity contribution in [3.63, 3.8) is 0 Å². The number of fused-ring (bicyclic) bond motifs is 1. The summed E-state index contributed by atoms with van der Waals surface area (Å²) in [5.41, 5.74) is 0.988. The zero-order chi connectivity index (χ0) is 9.80. The summed E-state index contributed by atoms with van der Waals surface area (Å²) in [7, 11) is 0. The molecule has 2 heteroatoms. The van der Waals surface area contributed by atoms with Crippen LogP contribution in [0.2, 0.25) is 0 Å². The van der Waals surface area contributed by atoms with Gasteiger partial charge in [-0.1, -0.05) is 52.0 Å². The Bertz CT molecular complexity index is 503. The number of pyridine rings is 1. The molecule has 1 aromatic carbocycles. The summed E-state index contributed by atoms with van der Waals surface area (Å²) in [5.74, 6) is 6.06. The van der Waals surface area contributed by atoms with E-state index in [2.05, 4.69) is 38.8 Å². The molecule has 2 rings (SSSR count). The third-order valence-corrected chi connectivity index (χ3v) is 2.24. The van der Waals surface area contributed by atoms with Crippen molar-refractivity contribution in [2.75, 3.05) is 5.33 Å². The number of aromatic nitrogens is 1. The van der Waals surface area contributed by atoms with Crippen LogP contribution in [0.25, 0.3) is 10.8 Å². The van der Waals surface area contributed by atoms with Crippen molar-refractivity contribution < 1.29 is 0 Å². The molecule has 0 bridgehead atoms. The minimum absolute atomic E-state index is 0.691. The van der Waals surface area contributed by atoms with Gasteiger partial charge in [-0.2, -0.15) is 0 Å². The molecule has 68 valence electrons. The van der Waals surface area contributed by atoms with Gasteiger partial charge < -0.3 is 0 Å². The van der Waals surface area contributed by atoms with Gasteiger partial charge in [-0.15, -0.1) is 0 Å². The second-order valence-electron chi connectivity index (χ2n) is 2.84. The predicted octanol–water partition coefficient (Wildman–Crippen LogP) is 2.98. The molecule has 0 atom stereocenters. The van der Waals surface area contributed by atoms with E-state index < -0.39 is 0 Å². The largest absolute Gasteiger partial charge is 0.263 e. The molecule has 0 radical (unpaired) electrons. The molecular formula is C12H8BrN. The number of nitrogens with zero attached hydrogens (tertiary/aromatic N) is 1. The molecule has 2 aromatic rings. The van der Waals surface area contributed by atoms with E-state index in [9.17, 15) is 0 Å². The van der Waals surface area contributed by atoms with Crippen LogP contribution in [0.15, 0.2) is 36.7 Å². The molecule has 0 amide bonds. The molecule has 1 nitrogen and oxygen atoms in total. The molecule has 0 N–H and O–H groups in total. The van der Waals surface area contributed by atoms with Crippen LogP contribution < -0.4 is 0 Å². The fourth-order valence-electron chi connectivity index (χ4n) is 1.34. The van der Waals surface area contributed by atoms with E-state index in [-0.39, 0.29) is 0 Å². The fraction of sp³-hybridized carbons (Fsp3) is 0.0833. The van der Waals surface area contributed by atoms with E-state index in [4.69, 9.17) is 0 Å². The number of halogens is 1. The number of alkyl halides is 1. The van der Waals surface area contributed by atoms with Crippen molar-refractivity contribution in [3.8, 4) is 11.8 Å². The highest BCUT2D eigenvalue weighted by molar-refractivity contribution is 9.09. The van der Waals surface area contributed by atoms with Gasteiger partial charge in [0.2, 0.25) is 0 Å². The van der Waals surface area contributed by atoms with Gasteiger partial charge in [0.15, 0.2) is 0 Å². The lowest BCUT2D eigenvalue weighted by Gasteiger charge is -1.98. The molecule has 0 aliphatic heterocycles. The third-order valence-electron chi connectivity index (χ3n) is 1.96. The molecule has 0 saturated carbocycles. The number of benzene rings is 1. The van der Waals surface area contributed by atoms with Gasteiger partial charge >= 0.3 is 0 Å². The first kappa shape index (κ1) is 9.23. The lowest BCUT2D eigenvalue weighted by Crippen LogP contribution is -1.82. The molecule has 0 spiro atoms. The van der Waals surface area contributed by atoms with E-state index in [1.807, 2.05) is 24.4 Å². The molecule has 14 heavy (non-hydrogen) atoms. The molecule has 0 aliphatic carbocycles. The van der Waals surface area contributed by atoms with Gasteiger partial charge in [-0.05, 0) is 0 Å². The van der Waals surface area contributed by atoms with Crippen molar-refractivity contribution >= 4 is 26.7 Å². The summed E-state index contributed by atoms with van der Waals surface area (Å²) >= 11 is 3.28. The van der Waals surface area contributed by atoms with E-state index in [0.29, 0.717) is 5.33 Å². The maximum absolute atomic E-state index is 4.15. The van der Waals surface area contributed by atoms with Crippen molar-refractivity contribution in [2.45, 2.75) is 0 Å². The van der Waals surface area contributed by atoms with Crippen LogP contribution in [0.5, 0.6) is 0 Å². The zero-order valence-corrected chi connectivity index (χ0v) is 9.08. The van der Waals surface area contributed by atoms with E-state index in [1.165, 1.54) is 0 Å². The smallest absolute Gasteiger partial charge is 0.0649 e. The first-order valence-electron chi connectivity index (χ1n) is 4.29. The van der Waals surface area contributed by atoms with Gasteiger partial charge in [0.05, 0.1) is 10.9 Å². The first-order chi connectivity index (χ1) is 6.92. The van der Waals surface area contributed by atoms with Crippen LogP contribution in [0, 0.1) is 11.8 Å². The summed E-state index contributed by atoms with van der Waals surface area (Å²) in [4.78, 5) is 4.15. The highest BCUT2D eigenvalue weighted by atomic mass is 79.9. The first-order valence-corrected chi connectivity index (χ1v) is 5.41. The molecule has 1 heterocycles. The molecule has 1 aromatic heterocycles. The fourth-order valence-corrected chi connectivity index (χ4v) is 1.48. The van der Waals surface area contributed by atoms with E-state index >= 15 is 0 Å². The van der Waals surface area contributed by atoms with Crippen molar-refractivity contribution in [1.29, 1.82) is 0 Å². The van der Waals surface area contributed by atoms with Crippen LogP contribution in [0.3, 0.4) is 0 Å². The molecule has 0 aliphatic rings. The predicted molar refractivity (Wildman–Crippen MR) is 62.4 cm³/mol. The third kappa shape index (κ3) is 1.78. The standard InChI is InChI=1S/C12H8BrN/c13-7-3-5-11-9-14-8-10-4-1-2-6-12(10)11/h1-2,4,6,8-9H,7H2. The highest BCUT2D eigenvalue weighted by Gasteiger charge is 1.96. The van der Waals surface area contributed by atoms with Gasteiger partial charge in [0.1, 0.15) is 0 Å². The van der Waals surface area contributed by atoms with E-state index in [0.717, 1.165) is 16.3 Å². The lowest BCUT2D eigenvalue weighted by molar-refractivity contribution is 1.35. The number of hydrogen-bond donors (Lipinski definition) is 0. The van der Waals surface area contributed by atoms with E-state index in [1.54, 1.807) is 6.20 Å². The average Bonchev–Trinajstić information content (AvgIpc) is 2.26. The normalized spacial score (nSPS) is 9.50. The topological polar surface area (TPSA) is 12.9 Å².